The molecule has 1 rings (SSSR count). The van der Waals surface area contributed by atoms with E-state index in [4.69, 9.17) is 0 Å². The van der Waals surface area contributed by atoms with Gasteiger partial charge in [-0.1, -0.05) is 19.1 Å². The molecule has 0 saturated carbocycles. The molecule has 12 heavy (non-hydrogen) atoms. The quantitative estimate of drug-likeness (QED) is 0.565. The molecular formula is C11H17N. The third-order valence-electron chi connectivity index (χ3n) is 1.95. The zero-order chi connectivity index (χ0) is 8.65. The van der Waals surface area contributed by atoms with E-state index < -0.39 is 0 Å². The van der Waals surface area contributed by atoms with E-state index in [1.807, 2.05) is 6.08 Å². The number of rotatable bonds is 2. The summed E-state index contributed by atoms with van der Waals surface area (Å²) >= 11 is 0. The lowest BCUT2D eigenvalue weighted by molar-refractivity contribution is 0.309. The predicted molar refractivity (Wildman–Crippen MR) is 53.1 cm³/mol. The average molecular weight is 163 g/mol. The van der Waals surface area contributed by atoms with Gasteiger partial charge in [-0.2, -0.15) is 0 Å². The van der Waals surface area contributed by atoms with Crippen molar-refractivity contribution in [1.29, 1.82) is 0 Å². The van der Waals surface area contributed by atoms with Gasteiger partial charge in [-0.05, 0) is 31.5 Å². The molecule has 0 aromatic heterocycles. The van der Waals surface area contributed by atoms with Crippen LogP contribution in [0.15, 0.2) is 30.0 Å². The third-order valence-corrected chi connectivity index (χ3v) is 1.95. The van der Waals surface area contributed by atoms with Gasteiger partial charge in [0.25, 0.3) is 0 Å². The molecule has 0 radical (unpaired) electrons. The molecule has 1 heterocycles. The number of hydrogen-bond acceptors (Lipinski definition) is 1. The summed E-state index contributed by atoms with van der Waals surface area (Å²) in [6, 6.07) is 0. The van der Waals surface area contributed by atoms with Crippen molar-refractivity contribution in [3.63, 3.8) is 0 Å². The van der Waals surface area contributed by atoms with Crippen LogP contribution in [0.1, 0.15) is 19.8 Å². The predicted octanol–water partition coefficient (Wildman–Crippen LogP) is 2.37. The lowest BCUT2D eigenvalue weighted by Gasteiger charge is -2.17. The molecule has 0 atom stereocenters. The normalized spacial score (nSPS) is 21.4. The summed E-state index contributed by atoms with van der Waals surface area (Å²) < 4.78 is 0. The molecule has 0 aromatic rings. The summed E-state index contributed by atoms with van der Waals surface area (Å²) in [5, 5.41) is 0. The number of allylic oxidation sites excluding steroid dienone is 1. The SMILES string of the molecule is CCCN1CC=C=C/C=C/CC1. The van der Waals surface area contributed by atoms with E-state index in [9.17, 15) is 0 Å². The fourth-order valence-electron chi connectivity index (χ4n) is 1.34. The van der Waals surface area contributed by atoms with Crippen molar-refractivity contribution in [1.82, 2.24) is 4.90 Å². The molecule has 1 nitrogen and oxygen atoms in total. The summed E-state index contributed by atoms with van der Waals surface area (Å²) in [5.41, 5.74) is 3.14. The summed E-state index contributed by atoms with van der Waals surface area (Å²) in [6.45, 7) is 5.65. The molecule has 1 aliphatic rings. The van der Waals surface area contributed by atoms with E-state index in [0.29, 0.717) is 0 Å². The minimum Gasteiger partial charge on any atom is -0.299 e. The second-order valence-corrected chi connectivity index (χ2v) is 3.05. The third kappa shape index (κ3) is 3.56. The smallest absolute Gasteiger partial charge is 0.0238 e. The van der Waals surface area contributed by atoms with Gasteiger partial charge >= 0.3 is 0 Å². The van der Waals surface area contributed by atoms with Crippen molar-refractivity contribution in [3.05, 3.63) is 30.0 Å². The topological polar surface area (TPSA) is 3.24 Å². The zero-order valence-electron chi connectivity index (χ0n) is 7.79. The van der Waals surface area contributed by atoms with Crippen LogP contribution in [0.2, 0.25) is 0 Å². The van der Waals surface area contributed by atoms with Gasteiger partial charge in [0.2, 0.25) is 0 Å². The fraction of sp³-hybridized carbons (Fsp3) is 0.545. The first kappa shape index (κ1) is 9.31. The van der Waals surface area contributed by atoms with Gasteiger partial charge in [-0.25, -0.2) is 0 Å². The van der Waals surface area contributed by atoms with Crippen molar-refractivity contribution in [2.45, 2.75) is 19.8 Å². The maximum Gasteiger partial charge on any atom is 0.0238 e. The van der Waals surface area contributed by atoms with Crippen molar-refractivity contribution in [2.24, 2.45) is 0 Å². The zero-order valence-corrected chi connectivity index (χ0v) is 7.79. The highest BCUT2D eigenvalue weighted by molar-refractivity contribution is 5.04. The Bertz CT molecular complexity index is 197. The molecule has 0 unspecified atom stereocenters. The van der Waals surface area contributed by atoms with Gasteiger partial charge in [0.05, 0.1) is 0 Å². The highest BCUT2D eigenvalue weighted by Gasteiger charge is 1.99. The Hall–Kier alpha value is -0.780. The summed E-state index contributed by atoms with van der Waals surface area (Å²) in [4.78, 5) is 2.45. The number of hydrogen-bond donors (Lipinski definition) is 0. The fourth-order valence-corrected chi connectivity index (χ4v) is 1.34. The highest BCUT2D eigenvalue weighted by Crippen LogP contribution is 1.97. The first-order valence-corrected chi connectivity index (χ1v) is 4.72. The van der Waals surface area contributed by atoms with Crippen LogP contribution in [0.3, 0.4) is 0 Å². The van der Waals surface area contributed by atoms with Crippen LogP contribution in [0.25, 0.3) is 0 Å². The summed E-state index contributed by atoms with van der Waals surface area (Å²) in [5.74, 6) is 0. The van der Waals surface area contributed by atoms with Crippen molar-refractivity contribution in [2.75, 3.05) is 19.6 Å². The first-order chi connectivity index (χ1) is 5.93. The Balaban J connectivity index is 2.45. The Labute approximate surface area is 75.1 Å². The standard InChI is InChI=1S/C11H17N/c1-2-9-12-10-7-5-3-4-6-8-11-12/h3-5,8H,2,7,9-11H2,1H3/b5-3+. The van der Waals surface area contributed by atoms with Crippen LogP contribution >= 0.6 is 0 Å². The van der Waals surface area contributed by atoms with Gasteiger partial charge in [0.15, 0.2) is 0 Å². The van der Waals surface area contributed by atoms with Gasteiger partial charge < -0.3 is 0 Å². The Morgan fingerprint density at radius 2 is 2.42 bits per heavy atom. The van der Waals surface area contributed by atoms with E-state index in [1.165, 1.54) is 19.5 Å². The maximum atomic E-state index is 3.14. The van der Waals surface area contributed by atoms with Crippen LogP contribution in [0, 0.1) is 0 Å². The molecule has 0 N–H and O–H groups in total. The van der Waals surface area contributed by atoms with E-state index in [-0.39, 0.29) is 0 Å². The Kier molecular flexibility index (Phi) is 4.51. The monoisotopic (exact) mass is 163 g/mol. The molecule has 0 amide bonds. The Morgan fingerprint density at radius 3 is 3.25 bits per heavy atom. The lowest BCUT2D eigenvalue weighted by Crippen LogP contribution is -2.25. The number of nitrogens with zero attached hydrogens (tertiary/aromatic N) is 1. The van der Waals surface area contributed by atoms with Gasteiger partial charge in [0.1, 0.15) is 0 Å². The second-order valence-electron chi connectivity index (χ2n) is 3.05. The van der Waals surface area contributed by atoms with Crippen LogP contribution in [0.4, 0.5) is 0 Å². The van der Waals surface area contributed by atoms with E-state index in [1.54, 1.807) is 0 Å². The molecule has 1 aliphatic heterocycles. The minimum absolute atomic E-state index is 1.05. The second kappa shape index (κ2) is 5.82. The van der Waals surface area contributed by atoms with Crippen molar-refractivity contribution >= 4 is 0 Å². The molecular weight excluding hydrogens is 146 g/mol. The highest BCUT2D eigenvalue weighted by atomic mass is 15.1. The molecule has 0 aliphatic carbocycles. The van der Waals surface area contributed by atoms with Gasteiger partial charge in [-0.15, -0.1) is 5.73 Å². The molecule has 0 spiro atoms. The van der Waals surface area contributed by atoms with Crippen LogP contribution in [0.5, 0.6) is 0 Å². The average Bonchev–Trinajstić information content (AvgIpc) is 2.19. The molecule has 0 saturated heterocycles. The Morgan fingerprint density at radius 1 is 1.50 bits per heavy atom. The van der Waals surface area contributed by atoms with Crippen molar-refractivity contribution in [3.8, 4) is 0 Å². The molecule has 0 bridgehead atoms. The lowest BCUT2D eigenvalue weighted by atomic mass is 10.3. The summed E-state index contributed by atoms with van der Waals surface area (Å²) in [6.07, 6.45) is 10.8. The minimum atomic E-state index is 1.05. The first-order valence-electron chi connectivity index (χ1n) is 4.72. The maximum absolute atomic E-state index is 3.14. The van der Waals surface area contributed by atoms with Gasteiger partial charge in [-0.3, -0.25) is 4.90 Å². The van der Waals surface area contributed by atoms with Crippen LogP contribution in [-0.4, -0.2) is 24.5 Å². The molecule has 1 heteroatoms. The summed E-state index contributed by atoms with van der Waals surface area (Å²) in [7, 11) is 0. The largest absolute Gasteiger partial charge is 0.299 e. The van der Waals surface area contributed by atoms with E-state index in [0.717, 1.165) is 13.0 Å². The molecule has 66 valence electrons. The van der Waals surface area contributed by atoms with Crippen molar-refractivity contribution < 1.29 is 0 Å². The van der Waals surface area contributed by atoms with Crippen LogP contribution < -0.4 is 0 Å². The van der Waals surface area contributed by atoms with E-state index >= 15 is 0 Å². The van der Waals surface area contributed by atoms with E-state index in [2.05, 4.69) is 35.8 Å². The van der Waals surface area contributed by atoms with Gasteiger partial charge in [0, 0.05) is 13.1 Å². The van der Waals surface area contributed by atoms with Crippen LogP contribution in [-0.2, 0) is 0 Å². The molecule has 0 fully saturated rings. The molecule has 0 aromatic carbocycles.